The third kappa shape index (κ3) is 2.23. The third-order valence-corrected chi connectivity index (χ3v) is 3.11. The number of benzene rings is 1. The van der Waals surface area contributed by atoms with Crippen LogP contribution in [0.15, 0.2) is 29.3 Å². The predicted molar refractivity (Wildman–Crippen MR) is 70.5 cm³/mol. The van der Waals surface area contributed by atoms with Crippen molar-refractivity contribution >= 4 is 17.3 Å². The zero-order valence-corrected chi connectivity index (χ0v) is 10.6. The van der Waals surface area contributed by atoms with Gasteiger partial charge in [0.05, 0.1) is 11.1 Å². The SMILES string of the molecule is CCC1=NC(=O)C(C)(C)CNc2ccccc21. The Kier molecular flexibility index (Phi) is 3.01. The lowest BCUT2D eigenvalue weighted by atomic mass is 9.90. The summed E-state index contributed by atoms with van der Waals surface area (Å²) in [5, 5.41) is 3.35. The Balaban J connectivity index is 2.54. The van der Waals surface area contributed by atoms with E-state index in [0.29, 0.717) is 6.54 Å². The number of fused-ring (bicyclic) bond motifs is 1. The van der Waals surface area contributed by atoms with Crippen LogP contribution < -0.4 is 5.32 Å². The van der Waals surface area contributed by atoms with Crippen molar-refractivity contribution in [3.8, 4) is 0 Å². The van der Waals surface area contributed by atoms with Crippen LogP contribution in [0, 0.1) is 5.41 Å². The highest BCUT2D eigenvalue weighted by Gasteiger charge is 2.29. The Morgan fingerprint density at radius 2 is 2.06 bits per heavy atom. The van der Waals surface area contributed by atoms with Crippen molar-refractivity contribution in [1.29, 1.82) is 0 Å². The molecule has 3 nitrogen and oxygen atoms in total. The van der Waals surface area contributed by atoms with E-state index < -0.39 is 5.41 Å². The highest BCUT2D eigenvalue weighted by atomic mass is 16.1. The molecule has 1 amide bonds. The molecule has 1 aromatic rings. The lowest BCUT2D eigenvalue weighted by Gasteiger charge is -2.26. The van der Waals surface area contributed by atoms with E-state index in [2.05, 4.69) is 10.3 Å². The van der Waals surface area contributed by atoms with Crippen LogP contribution in [0.2, 0.25) is 0 Å². The zero-order valence-electron chi connectivity index (χ0n) is 10.6. The highest BCUT2D eigenvalue weighted by Crippen LogP contribution is 2.26. The predicted octanol–water partition coefficient (Wildman–Crippen LogP) is 2.86. The molecule has 0 spiro atoms. The number of hydrogen-bond donors (Lipinski definition) is 1. The lowest BCUT2D eigenvalue weighted by Crippen LogP contribution is -2.33. The average molecular weight is 230 g/mol. The normalized spacial score (nSPS) is 18.5. The Hall–Kier alpha value is -1.64. The summed E-state index contributed by atoms with van der Waals surface area (Å²) < 4.78 is 0. The van der Waals surface area contributed by atoms with E-state index in [0.717, 1.165) is 23.4 Å². The summed E-state index contributed by atoms with van der Waals surface area (Å²) in [5.74, 6) is -0.0450. The number of nitrogens with zero attached hydrogens (tertiary/aromatic N) is 1. The van der Waals surface area contributed by atoms with Gasteiger partial charge in [0.2, 0.25) is 0 Å². The minimum absolute atomic E-state index is 0.0450. The van der Waals surface area contributed by atoms with Crippen LogP contribution in [-0.2, 0) is 4.79 Å². The van der Waals surface area contributed by atoms with Crippen molar-refractivity contribution in [3.05, 3.63) is 29.8 Å². The summed E-state index contributed by atoms with van der Waals surface area (Å²) in [6.07, 6.45) is 0.764. The van der Waals surface area contributed by atoms with Gasteiger partial charge >= 0.3 is 0 Å². The molecule has 0 bridgehead atoms. The molecular weight excluding hydrogens is 212 g/mol. The van der Waals surface area contributed by atoms with Crippen LogP contribution in [0.5, 0.6) is 0 Å². The number of para-hydroxylation sites is 1. The fourth-order valence-corrected chi connectivity index (χ4v) is 1.88. The van der Waals surface area contributed by atoms with Gasteiger partial charge in [0, 0.05) is 17.8 Å². The summed E-state index contributed by atoms with van der Waals surface area (Å²) >= 11 is 0. The van der Waals surface area contributed by atoms with Gasteiger partial charge in [-0.3, -0.25) is 4.79 Å². The minimum atomic E-state index is -0.450. The summed E-state index contributed by atoms with van der Waals surface area (Å²) in [5.41, 5.74) is 2.52. The lowest BCUT2D eigenvalue weighted by molar-refractivity contribution is -0.125. The Bertz CT molecular complexity index is 475. The molecule has 0 fully saturated rings. The van der Waals surface area contributed by atoms with Gasteiger partial charge < -0.3 is 5.32 Å². The average Bonchev–Trinajstić information content (AvgIpc) is 2.32. The van der Waals surface area contributed by atoms with Crippen LogP contribution in [0.1, 0.15) is 32.8 Å². The largest absolute Gasteiger partial charge is 0.383 e. The molecule has 0 aromatic heterocycles. The molecule has 0 saturated heterocycles. The fraction of sp³-hybridized carbons (Fsp3) is 0.429. The molecule has 0 saturated carbocycles. The Morgan fingerprint density at radius 3 is 2.76 bits per heavy atom. The second-order valence-electron chi connectivity index (χ2n) is 5.00. The number of aliphatic imine (C=N–C) groups is 1. The van der Waals surface area contributed by atoms with Crippen LogP contribution >= 0.6 is 0 Å². The standard InChI is InChI=1S/C14H18N2O/c1-4-11-10-7-5-6-8-12(10)15-9-14(2,3)13(17)16-11/h5-8,15H,4,9H2,1-3H3. The van der Waals surface area contributed by atoms with Crippen LogP contribution in [-0.4, -0.2) is 18.2 Å². The number of anilines is 1. The topological polar surface area (TPSA) is 41.5 Å². The van der Waals surface area contributed by atoms with E-state index in [1.165, 1.54) is 0 Å². The van der Waals surface area contributed by atoms with Gasteiger partial charge in [0.25, 0.3) is 5.91 Å². The van der Waals surface area contributed by atoms with E-state index in [4.69, 9.17) is 0 Å². The number of rotatable bonds is 1. The van der Waals surface area contributed by atoms with Crippen LogP contribution in [0.4, 0.5) is 5.69 Å². The molecule has 1 N–H and O–H groups in total. The van der Waals surface area contributed by atoms with Gasteiger partial charge in [0.1, 0.15) is 0 Å². The molecule has 0 atom stereocenters. The number of carbonyl (C=O) groups is 1. The first kappa shape index (κ1) is 11.8. The van der Waals surface area contributed by atoms with Crippen molar-refractivity contribution in [2.45, 2.75) is 27.2 Å². The molecule has 3 heteroatoms. The van der Waals surface area contributed by atoms with Gasteiger partial charge in [0.15, 0.2) is 0 Å². The first-order chi connectivity index (χ1) is 8.04. The van der Waals surface area contributed by atoms with Crippen molar-refractivity contribution in [2.24, 2.45) is 10.4 Å². The van der Waals surface area contributed by atoms with E-state index in [-0.39, 0.29) is 5.91 Å². The zero-order chi connectivity index (χ0) is 12.5. The molecule has 90 valence electrons. The van der Waals surface area contributed by atoms with Crippen molar-refractivity contribution in [2.75, 3.05) is 11.9 Å². The smallest absolute Gasteiger partial charge is 0.253 e. The maximum Gasteiger partial charge on any atom is 0.253 e. The number of carbonyl (C=O) groups excluding carboxylic acids is 1. The molecule has 1 aliphatic heterocycles. The van der Waals surface area contributed by atoms with E-state index in [1.807, 2.05) is 45.0 Å². The maximum absolute atomic E-state index is 12.0. The molecule has 1 aliphatic rings. The second kappa shape index (κ2) is 4.32. The number of nitrogens with one attached hydrogen (secondary N) is 1. The molecule has 2 rings (SSSR count). The van der Waals surface area contributed by atoms with Gasteiger partial charge in [-0.1, -0.05) is 25.1 Å². The first-order valence-electron chi connectivity index (χ1n) is 6.00. The molecule has 0 radical (unpaired) electrons. The van der Waals surface area contributed by atoms with E-state index in [1.54, 1.807) is 0 Å². The molecule has 0 unspecified atom stereocenters. The van der Waals surface area contributed by atoms with Gasteiger partial charge in [-0.15, -0.1) is 0 Å². The fourth-order valence-electron chi connectivity index (χ4n) is 1.88. The summed E-state index contributed by atoms with van der Waals surface area (Å²) in [6.45, 7) is 6.49. The quantitative estimate of drug-likeness (QED) is 0.806. The summed E-state index contributed by atoms with van der Waals surface area (Å²) in [7, 11) is 0. The van der Waals surface area contributed by atoms with Crippen LogP contribution in [0.25, 0.3) is 0 Å². The van der Waals surface area contributed by atoms with Crippen LogP contribution in [0.3, 0.4) is 0 Å². The van der Waals surface area contributed by atoms with E-state index in [9.17, 15) is 4.79 Å². The molecular formula is C14H18N2O. The highest BCUT2D eigenvalue weighted by molar-refractivity contribution is 6.11. The van der Waals surface area contributed by atoms with Gasteiger partial charge in [-0.25, -0.2) is 4.99 Å². The number of hydrogen-bond acceptors (Lipinski definition) is 2. The first-order valence-corrected chi connectivity index (χ1v) is 6.00. The number of amides is 1. The molecule has 1 aromatic carbocycles. The molecule has 1 heterocycles. The molecule has 17 heavy (non-hydrogen) atoms. The Morgan fingerprint density at radius 1 is 1.35 bits per heavy atom. The van der Waals surface area contributed by atoms with Crippen molar-refractivity contribution in [1.82, 2.24) is 0 Å². The summed E-state index contributed by atoms with van der Waals surface area (Å²) in [6, 6.07) is 8.01. The third-order valence-electron chi connectivity index (χ3n) is 3.11. The minimum Gasteiger partial charge on any atom is -0.383 e. The summed E-state index contributed by atoms with van der Waals surface area (Å²) in [4.78, 5) is 16.3. The van der Waals surface area contributed by atoms with Crippen molar-refractivity contribution < 1.29 is 4.79 Å². The Labute approximate surface area is 102 Å². The second-order valence-corrected chi connectivity index (χ2v) is 5.00. The van der Waals surface area contributed by atoms with Gasteiger partial charge in [-0.2, -0.15) is 0 Å². The molecule has 0 aliphatic carbocycles. The maximum atomic E-state index is 12.0. The van der Waals surface area contributed by atoms with Gasteiger partial charge in [-0.05, 0) is 26.3 Å². The van der Waals surface area contributed by atoms with E-state index >= 15 is 0 Å². The monoisotopic (exact) mass is 230 g/mol. The van der Waals surface area contributed by atoms with Crippen molar-refractivity contribution in [3.63, 3.8) is 0 Å².